The van der Waals surface area contributed by atoms with Crippen LogP contribution in [0.3, 0.4) is 0 Å². The van der Waals surface area contributed by atoms with Crippen molar-refractivity contribution < 1.29 is 4.79 Å². The summed E-state index contributed by atoms with van der Waals surface area (Å²) in [6, 6.07) is 0. The van der Waals surface area contributed by atoms with Crippen molar-refractivity contribution in [2.75, 3.05) is 12.8 Å². The summed E-state index contributed by atoms with van der Waals surface area (Å²) in [5, 5.41) is 0. The Bertz CT molecular complexity index is 345. The first-order valence-corrected chi connectivity index (χ1v) is 9.93. The molecule has 1 nitrogen and oxygen atoms in total. The van der Waals surface area contributed by atoms with Crippen molar-refractivity contribution in [2.24, 2.45) is 11.3 Å². The fraction of sp³-hybridized carbons (Fsp3) is 0.722. The van der Waals surface area contributed by atoms with E-state index in [9.17, 15) is 4.79 Å². The number of carbonyl (C=O) groups excluding carboxylic acids is 1. The van der Waals surface area contributed by atoms with Gasteiger partial charge in [-0.25, -0.2) is 0 Å². The van der Waals surface area contributed by atoms with Crippen LogP contribution in [-0.4, -0.2) is 18.6 Å². The molecule has 0 aliphatic heterocycles. The summed E-state index contributed by atoms with van der Waals surface area (Å²) in [4.78, 5) is 12.9. The summed E-state index contributed by atoms with van der Waals surface area (Å²) < 4.78 is 0. The number of hydrogen-bond donors (Lipinski definition) is 0. The van der Waals surface area contributed by atoms with Crippen LogP contribution in [0, 0.1) is 11.3 Å². The van der Waals surface area contributed by atoms with Gasteiger partial charge in [0.15, 0.2) is 0 Å². The Morgan fingerprint density at radius 2 is 2.00 bits per heavy atom. The normalized spacial score (nSPS) is 21.4. The lowest BCUT2D eigenvalue weighted by Gasteiger charge is -2.39. The molecule has 2 heteroatoms. The van der Waals surface area contributed by atoms with Crippen LogP contribution in [-0.2, 0) is 4.79 Å². The van der Waals surface area contributed by atoms with E-state index in [1.165, 1.54) is 19.3 Å². The minimum Gasteiger partial charge on any atom is -0.299 e. The lowest BCUT2D eigenvalue weighted by atomic mass is 9.64. The molecule has 0 fully saturated rings. The van der Waals surface area contributed by atoms with Gasteiger partial charge in [-0.2, -0.15) is 0 Å². The Labute approximate surface area is 127 Å². The quantitative estimate of drug-likeness (QED) is 0.391. The Kier molecular flexibility index (Phi) is 8.38. The molecule has 0 saturated carbocycles. The first-order valence-electron chi connectivity index (χ1n) is 8.22. The van der Waals surface area contributed by atoms with Crippen molar-refractivity contribution in [2.45, 2.75) is 58.8 Å². The first kappa shape index (κ1) is 17.6. The molecule has 0 bridgehead atoms. The first-order chi connectivity index (χ1) is 9.71. The maximum atomic E-state index is 12.9. The van der Waals surface area contributed by atoms with Gasteiger partial charge in [0.1, 0.15) is 5.78 Å². The number of unbranched alkanes of at least 4 members (excludes halogenated alkanes) is 2. The van der Waals surface area contributed by atoms with Crippen molar-refractivity contribution >= 4 is 14.4 Å². The van der Waals surface area contributed by atoms with Gasteiger partial charge in [-0.05, 0) is 31.8 Å². The molecule has 3 atom stereocenters. The minimum absolute atomic E-state index is 0.0891. The van der Waals surface area contributed by atoms with Crippen molar-refractivity contribution in [1.82, 2.24) is 0 Å². The van der Waals surface area contributed by atoms with E-state index in [2.05, 4.69) is 44.8 Å². The van der Waals surface area contributed by atoms with Crippen LogP contribution in [0.5, 0.6) is 0 Å². The van der Waals surface area contributed by atoms with Crippen LogP contribution in [0.25, 0.3) is 0 Å². The third kappa shape index (κ3) is 4.55. The molecule has 1 aliphatic rings. The largest absolute Gasteiger partial charge is 0.299 e. The lowest BCUT2D eigenvalue weighted by molar-refractivity contribution is -0.129. The summed E-state index contributed by atoms with van der Waals surface area (Å²) in [5.74, 6) is 0.953. The SMILES string of the molecule is CCCCCC(CCC)(C(=O)CPC)C1C=CC=CC1. The van der Waals surface area contributed by atoms with Crippen molar-refractivity contribution in [3.8, 4) is 0 Å². The van der Waals surface area contributed by atoms with Gasteiger partial charge < -0.3 is 0 Å². The molecule has 0 aromatic rings. The summed E-state index contributed by atoms with van der Waals surface area (Å²) >= 11 is 0. The van der Waals surface area contributed by atoms with Gasteiger partial charge in [0.05, 0.1) is 0 Å². The zero-order chi connectivity index (χ0) is 14.8. The van der Waals surface area contributed by atoms with Crippen LogP contribution < -0.4 is 0 Å². The molecule has 0 saturated heterocycles. The molecule has 20 heavy (non-hydrogen) atoms. The van der Waals surface area contributed by atoms with E-state index < -0.39 is 0 Å². The highest BCUT2D eigenvalue weighted by molar-refractivity contribution is 7.38. The lowest BCUT2D eigenvalue weighted by Crippen LogP contribution is -2.39. The highest BCUT2D eigenvalue weighted by Crippen LogP contribution is 2.44. The second-order valence-corrected chi connectivity index (χ2v) is 7.03. The molecular weight excluding hydrogens is 263 g/mol. The molecule has 0 aromatic heterocycles. The van der Waals surface area contributed by atoms with Crippen LogP contribution in [0.1, 0.15) is 58.8 Å². The van der Waals surface area contributed by atoms with Gasteiger partial charge in [0, 0.05) is 11.6 Å². The van der Waals surface area contributed by atoms with E-state index in [0.29, 0.717) is 11.7 Å². The molecule has 1 aliphatic carbocycles. The number of Topliss-reactive ketones (excluding diaryl/α,β-unsaturated/α-hetero) is 1. The van der Waals surface area contributed by atoms with Crippen molar-refractivity contribution in [3.05, 3.63) is 24.3 Å². The Morgan fingerprint density at radius 3 is 2.55 bits per heavy atom. The van der Waals surface area contributed by atoms with Crippen LogP contribution >= 0.6 is 8.58 Å². The molecule has 1 rings (SSSR count). The number of hydrogen-bond acceptors (Lipinski definition) is 1. The second-order valence-electron chi connectivity index (χ2n) is 5.97. The van der Waals surface area contributed by atoms with E-state index in [1.807, 2.05) is 0 Å². The molecular formula is C18H31OP. The molecule has 0 N–H and O–H groups in total. The van der Waals surface area contributed by atoms with Crippen LogP contribution in [0.15, 0.2) is 24.3 Å². The topological polar surface area (TPSA) is 17.1 Å². The number of rotatable bonds is 10. The summed E-state index contributed by atoms with van der Waals surface area (Å²) in [7, 11) is 0.744. The monoisotopic (exact) mass is 294 g/mol. The van der Waals surface area contributed by atoms with E-state index >= 15 is 0 Å². The van der Waals surface area contributed by atoms with Crippen molar-refractivity contribution in [3.63, 3.8) is 0 Å². The maximum absolute atomic E-state index is 12.9. The van der Waals surface area contributed by atoms with E-state index in [1.54, 1.807) is 0 Å². The van der Waals surface area contributed by atoms with E-state index in [0.717, 1.165) is 40.4 Å². The Hall–Kier alpha value is -0.420. The highest BCUT2D eigenvalue weighted by atomic mass is 31.1. The number of allylic oxidation sites excluding steroid dienone is 4. The average Bonchev–Trinajstić information content (AvgIpc) is 2.47. The van der Waals surface area contributed by atoms with Crippen molar-refractivity contribution in [1.29, 1.82) is 0 Å². The molecule has 0 amide bonds. The second kappa shape index (κ2) is 9.50. The van der Waals surface area contributed by atoms with Gasteiger partial charge in [0.2, 0.25) is 0 Å². The molecule has 0 radical (unpaired) electrons. The molecule has 0 heterocycles. The predicted molar refractivity (Wildman–Crippen MR) is 92.0 cm³/mol. The predicted octanol–water partition coefficient (Wildman–Crippen LogP) is 5.36. The van der Waals surface area contributed by atoms with Gasteiger partial charge >= 0.3 is 0 Å². The summed E-state index contributed by atoms with van der Waals surface area (Å²) in [6.45, 7) is 6.61. The molecule has 0 spiro atoms. The van der Waals surface area contributed by atoms with E-state index in [-0.39, 0.29) is 5.41 Å². The molecule has 0 aromatic carbocycles. The smallest absolute Gasteiger partial charge is 0.143 e. The number of ketones is 1. The fourth-order valence-electron chi connectivity index (χ4n) is 3.44. The standard InChI is InChI=1S/C18H31OP/c1-4-6-10-14-18(13-5-2,17(19)15-20-3)16-11-8-7-9-12-16/h7-9,11,16,20H,4-6,10,12-15H2,1-3H3. The maximum Gasteiger partial charge on any atom is 0.143 e. The Morgan fingerprint density at radius 1 is 1.20 bits per heavy atom. The van der Waals surface area contributed by atoms with Gasteiger partial charge in [-0.3, -0.25) is 4.79 Å². The van der Waals surface area contributed by atoms with E-state index in [4.69, 9.17) is 0 Å². The minimum atomic E-state index is -0.0891. The zero-order valence-corrected chi connectivity index (χ0v) is 14.5. The van der Waals surface area contributed by atoms with Gasteiger partial charge in [-0.1, -0.05) is 63.8 Å². The molecule has 3 unspecified atom stereocenters. The average molecular weight is 294 g/mol. The summed E-state index contributed by atoms with van der Waals surface area (Å²) in [6.07, 6.45) is 17.5. The fourth-order valence-corrected chi connectivity index (χ4v) is 4.12. The number of carbonyl (C=O) groups is 1. The zero-order valence-electron chi connectivity index (χ0n) is 13.5. The Balaban J connectivity index is 2.94. The van der Waals surface area contributed by atoms with Gasteiger partial charge in [-0.15, -0.1) is 8.58 Å². The van der Waals surface area contributed by atoms with Gasteiger partial charge in [0.25, 0.3) is 0 Å². The third-order valence-electron chi connectivity index (χ3n) is 4.51. The third-order valence-corrected chi connectivity index (χ3v) is 5.18. The van der Waals surface area contributed by atoms with Crippen LogP contribution in [0.2, 0.25) is 0 Å². The van der Waals surface area contributed by atoms with Crippen LogP contribution in [0.4, 0.5) is 0 Å². The highest BCUT2D eigenvalue weighted by Gasteiger charge is 2.41. The molecule has 114 valence electrons. The summed E-state index contributed by atoms with van der Waals surface area (Å²) in [5.41, 5.74) is -0.0891.